The second kappa shape index (κ2) is 7.56. The number of nitrogens with zero attached hydrogens (tertiary/aromatic N) is 3. The van der Waals surface area contributed by atoms with Gasteiger partial charge in [-0.05, 0) is 31.5 Å². The summed E-state index contributed by atoms with van der Waals surface area (Å²) in [6, 6.07) is 5.32. The zero-order valence-electron chi connectivity index (χ0n) is 11.7. The first kappa shape index (κ1) is 16.7. The van der Waals surface area contributed by atoms with Crippen LogP contribution in [0, 0.1) is 11.3 Å². The molecule has 0 unspecified atom stereocenters. The SMILES string of the molecule is N#CCCCCN1CCN(S(=O)(=O)c2ccc(Cl)s2)CC1. The van der Waals surface area contributed by atoms with Gasteiger partial charge in [-0.2, -0.15) is 9.57 Å². The molecule has 0 aromatic carbocycles. The second-order valence-electron chi connectivity index (χ2n) is 4.92. The number of hydrogen-bond acceptors (Lipinski definition) is 5. The van der Waals surface area contributed by atoms with Crippen molar-refractivity contribution < 1.29 is 8.42 Å². The molecule has 0 spiro atoms. The van der Waals surface area contributed by atoms with Crippen molar-refractivity contribution in [2.75, 3.05) is 32.7 Å². The number of hydrogen-bond donors (Lipinski definition) is 0. The van der Waals surface area contributed by atoms with Crippen LogP contribution in [0.3, 0.4) is 0 Å². The smallest absolute Gasteiger partial charge is 0.252 e. The van der Waals surface area contributed by atoms with E-state index >= 15 is 0 Å². The van der Waals surface area contributed by atoms with Crippen LogP contribution in [0.4, 0.5) is 0 Å². The summed E-state index contributed by atoms with van der Waals surface area (Å²) >= 11 is 6.92. The summed E-state index contributed by atoms with van der Waals surface area (Å²) in [6.07, 6.45) is 2.48. The molecule has 21 heavy (non-hydrogen) atoms. The van der Waals surface area contributed by atoms with E-state index in [4.69, 9.17) is 16.9 Å². The molecule has 0 radical (unpaired) electrons. The Kier molecular flexibility index (Phi) is 6.02. The molecule has 0 amide bonds. The van der Waals surface area contributed by atoms with E-state index in [-0.39, 0.29) is 0 Å². The van der Waals surface area contributed by atoms with Gasteiger partial charge in [0.1, 0.15) is 4.21 Å². The standard InChI is InChI=1S/C13H18ClN3O2S2/c14-12-4-5-13(20-12)21(18,19)17-10-8-16(9-11-17)7-3-1-2-6-15/h4-5H,1-3,7-11H2. The molecule has 1 saturated heterocycles. The highest BCUT2D eigenvalue weighted by molar-refractivity contribution is 7.91. The minimum atomic E-state index is -3.40. The summed E-state index contributed by atoms with van der Waals surface area (Å²) in [4.78, 5) is 2.25. The molecule has 1 aromatic heterocycles. The van der Waals surface area contributed by atoms with Gasteiger partial charge in [-0.25, -0.2) is 8.42 Å². The Morgan fingerprint density at radius 1 is 1.24 bits per heavy atom. The lowest BCUT2D eigenvalue weighted by atomic mass is 10.2. The molecular weight excluding hydrogens is 330 g/mol. The first-order chi connectivity index (χ1) is 10.0. The summed E-state index contributed by atoms with van der Waals surface area (Å²) in [5, 5.41) is 8.49. The number of sulfonamides is 1. The van der Waals surface area contributed by atoms with E-state index in [1.54, 1.807) is 12.1 Å². The molecule has 0 atom stereocenters. The van der Waals surface area contributed by atoms with Gasteiger partial charge in [-0.15, -0.1) is 11.3 Å². The Bertz CT molecular complexity index is 601. The maximum atomic E-state index is 12.4. The second-order valence-corrected chi connectivity index (χ2v) is 8.80. The topological polar surface area (TPSA) is 64.4 Å². The molecule has 2 rings (SSSR count). The number of unbranched alkanes of at least 4 members (excludes halogenated alkanes) is 2. The highest BCUT2D eigenvalue weighted by Gasteiger charge is 2.29. The highest BCUT2D eigenvalue weighted by atomic mass is 35.5. The van der Waals surface area contributed by atoms with Crippen LogP contribution in [-0.2, 0) is 10.0 Å². The van der Waals surface area contributed by atoms with Gasteiger partial charge in [-0.3, -0.25) is 0 Å². The van der Waals surface area contributed by atoms with Crippen LogP contribution in [0.5, 0.6) is 0 Å². The third-order valence-electron chi connectivity index (χ3n) is 3.49. The average molecular weight is 348 g/mol. The molecule has 1 fully saturated rings. The summed E-state index contributed by atoms with van der Waals surface area (Å²) in [7, 11) is -3.40. The Hall–Kier alpha value is -0.650. The number of thiophene rings is 1. The summed E-state index contributed by atoms with van der Waals surface area (Å²) in [6.45, 7) is 3.43. The Labute approximate surface area is 134 Å². The molecule has 1 aromatic rings. The van der Waals surface area contributed by atoms with Crippen molar-refractivity contribution in [3.05, 3.63) is 16.5 Å². The van der Waals surface area contributed by atoms with Gasteiger partial charge in [0.25, 0.3) is 10.0 Å². The minimum Gasteiger partial charge on any atom is -0.301 e. The van der Waals surface area contributed by atoms with Crippen LogP contribution in [0.25, 0.3) is 0 Å². The Morgan fingerprint density at radius 3 is 2.52 bits per heavy atom. The van der Waals surface area contributed by atoms with Crippen LogP contribution in [0.1, 0.15) is 19.3 Å². The predicted molar refractivity (Wildman–Crippen MR) is 84.0 cm³/mol. The van der Waals surface area contributed by atoms with Crippen molar-refractivity contribution in [3.63, 3.8) is 0 Å². The van der Waals surface area contributed by atoms with Crippen LogP contribution in [-0.4, -0.2) is 50.3 Å². The normalized spacial score (nSPS) is 17.7. The lowest BCUT2D eigenvalue weighted by Gasteiger charge is -2.33. The fourth-order valence-corrected chi connectivity index (χ4v) is 5.36. The van der Waals surface area contributed by atoms with E-state index in [1.165, 1.54) is 4.31 Å². The fraction of sp³-hybridized carbons (Fsp3) is 0.615. The maximum absolute atomic E-state index is 12.4. The molecule has 0 N–H and O–H groups in total. The number of halogens is 1. The van der Waals surface area contributed by atoms with Crippen LogP contribution in [0.15, 0.2) is 16.3 Å². The van der Waals surface area contributed by atoms with Crippen molar-refractivity contribution in [2.45, 2.75) is 23.5 Å². The first-order valence-corrected chi connectivity index (χ1v) is 9.52. The lowest BCUT2D eigenvalue weighted by Crippen LogP contribution is -2.48. The van der Waals surface area contributed by atoms with Gasteiger partial charge >= 0.3 is 0 Å². The van der Waals surface area contributed by atoms with Gasteiger partial charge in [0.15, 0.2) is 0 Å². The predicted octanol–water partition coefficient (Wildman–Crippen LogP) is 2.40. The minimum absolute atomic E-state index is 0.315. The monoisotopic (exact) mass is 347 g/mol. The van der Waals surface area contributed by atoms with Crippen LogP contribution in [0.2, 0.25) is 4.34 Å². The third kappa shape index (κ3) is 4.41. The van der Waals surface area contributed by atoms with E-state index in [0.29, 0.717) is 28.1 Å². The van der Waals surface area contributed by atoms with E-state index in [1.807, 2.05) is 0 Å². The molecule has 0 saturated carbocycles. The maximum Gasteiger partial charge on any atom is 0.252 e. The zero-order valence-corrected chi connectivity index (χ0v) is 14.1. The number of rotatable bonds is 6. The first-order valence-electron chi connectivity index (χ1n) is 6.89. The molecule has 0 aliphatic carbocycles. The Balaban J connectivity index is 1.85. The van der Waals surface area contributed by atoms with Crippen molar-refractivity contribution >= 4 is 33.0 Å². The van der Waals surface area contributed by atoms with E-state index in [2.05, 4.69) is 11.0 Å². The summed E-state index contributed by atoms with van der Waals surface area (Å²) in [5.41, 5.74) is 0. The van der Waals surface area contributed by atoms with Crippen LogP contribution < -0.4 is 0 Å². The molecule has 0 bridgehead atoms. The summed E-state index contributed by atoms with van der Waals surface area (Å²) < 4.78 is 27.2. The zero-order chi connectivity index (χ0) is 15.3. The van der Waals surface area contributed by atoms with Gasteiger partial charge in [0.2, 0.25) is 0 Å². The van der Waals surface area contributed by atoms with Gasteiger partial charge in [0, 0.05) is 32.6 Å². The number of nitriles is 1. The molecule has 116 valence electrons. The molecular formula is C13H18ClN3O2S2. The van der Waals surface area contributed by atoms with E-state index in [9.17, 15) is 8.42 Å². The molecule has 1 aliphatic heterocycles. The quantitative estimate of drug-likeness (QED) is 0.741. The molecule has 2 heterocycles. The van der Waals surface area contributed by atoms with Crippen molar-refractivity contribution in [2.24, 2.45) is 0 Å². The Morgan fingerprint density at radius 2 is 1.95 bits per heavy atom. The molecule has 5 nitrogen and oxygen atoms in total. The van der Waals surface area contributed by atoms with Gasteiger partial charge in [0.05, 0.1) is 10.4 Å². The fourth-order valence-electron chi connectivity index (χ4n) is 2.30. The van der Waals surface area contributed by atoms with E-state index < -0.39 is 10.0 Å². The third-order valence-corrected chi connectivity index (χ3v) is 7.08. The van der Waals surface area contributed by atoms with Crippen molar-refractivity contribution in [1.82, 2.24) is 9.21 Å². The van der Waals surface area contributed by atoms with Crippen molar-refractivity contribution in [3.8, 4) is 6.07 Å². The van der Waals surface area contributed by atoms with Crippen molar-refractivity contribution in [1.29, 1.82) is 5.26 Å². The highest BCUT2D eigenvalue weighted by Crippen LogP contribution is 2.28. The molecule has 8 heteroatoms. The van der Waals surface area contributed by atoms with Gasteiger partial charge < -0.3 is 4.90 Å². The summed E-state index contributed by atoms with van der Waals surface area (Å²) in [5.74, 6) is 0. The lowest BCUT2D eigenvalue weighted by molar-refractivity contribution is 0.186. The van der Waals surface area contributed by atoms with Gasteiger partial charge in [-0.1, -0.05) is 11.6 Å². The van der Waals surface area contributed by atoms with E-state index in [0.717, 1.165) is 43.8 Å². The largest absolute Gasteiger partial charge is 0.301 e. The number of piperazine rings is 1. The average Bonchev–Trinajstić information content (AvgIpc) is 2.91. The van der Waals surface area contributed by atoms with Crippen LogP contribution >= 0.6 is 22.9 Å². The molecule has 1 aliphatic rings.